The SMILES string of the molecule is Cn1cc(C(=O)C(F)(F)F)c2ccc([N+](=O)O)cc21. The minimum Gasteiger partial charge on any atom is -0.350 e. The maximum Gasteiger partial charge on any atom is 0.454 e. The Morgan fingerprint density at radius 3 is 2.53 bits per heavy atom. The first-order valence-corrected chi connectivity index (χ1v) is 5.08. The lowest BCUT2D eigenvalue weighted by Crippen LogP contribution is -2.22. The number of carbonyl (C=O) groups is 1. The topological polar surface area (TPSA) is 62.3 Å². The number of hydrogen-bond acceptors (Lipinski definition) is 2. The van der Waals surface area contributed by atoms with Crippen LogP contribution in [0, 0.1) is 4.91 Å². The predicted molar refractivity (Wildman–Crippen MR) is 58.4 cm³/mol. The predicted octanol–water partition coefficient (Wildman–Crippen LogP) is 2.72. The van der Waals surface area contributed by atoms with Crippen LogP contribution in [0.4, 0.5) is 18.9 Å². The van der Waals surface area contributed by atoms with Crippen molar-refractivity contribution in [3.8, 4) is 0 Å². The molecule has 0 bridgehead atoms. The highest BCUT2D eigenvalue weighted by Crippen LogP contribution is 2.29. The van der Waals surface area contributed by atoms with Gasteiger partial charge in [-0.3, -0.25) is 4.79 Å². The van der Waals surface area contributed by atoms with Gasteiger partial charge in [0.1, 0.15) is 0 Å². The molecule has 0 fully saturated rings. The molecule has 1 aromatic carbocycles. The molecule has 0 spiro atoms. The third-order valence-electron chi connectivity index (χ3n) is 2.70. The fraction of sp³-hybridized carbons (Fsp3) is 0.182. The molecule has 0 radical (unpaired) electrons. The fourth-order valence-electron chi connectivity index (χ4n) is 1.82. The molecule has 5 nitrogen and oxygen atoms in total. The Morgan fingerprint density at radius 2 is 2.00 bits per heavy atom. The third-order valence-corrected chi connectivity index (χ3v) is 2.70. The van der Waals surface area contributed by atoms with Gasteiger partial charge in [-0.05, 0) is 6.07 Å². The standard InChI is InChI=1S/C11H8F3N2O3/c1-15-5-8(10(17)11(12,13)14)7-3-2-6(16(18)19)4-9(7)15/h2-5H,1H3,(H,18,19)/q+1. The molecule has 0 atom stereocenters. The first-order valence-electron chi connectivity index (χ1n) is 5.08. The highest BCUT2D eigenvalue weighted by atomic mass is 19.4. The number of Topliss-reactive ketones (excluding diaryl/α,β-unsaturated/α-hetero) is 1. The molecule has 0 aliphatic carbocycles. The van der Waals surface area contributed by atoms with Crippen molar-refractivity contribution < 1.29 is 28.1 Å². The molecule has 0 aliphatic heterocycles. The molecule has 8 heteroatoms. The minimum atomic E-state index is -4.96. The number of rotatable bonds is 2. The van der Waals surface area contributed by atoms with Crippen molar-refractivity contribution in [1.29, 1.82) is 0 Å². The van der Waals surface area contributed by atoms with Crippen LogP contribution in [0.1, 0.15) is 10.4 Å². The number of nitrogens with zero attached hydrogens (tertiary/aromatic N) is 2. The van der Waals surface area contributed by atoms with E-state index in [2.05, 4.69) is 0 Å². The highest BCUT2D eigenvalue weighted by molar-refractivity contribution is 6.10. The zero-order chi connectivity index (χ0) is 14.4. The van der Waals surface area contributed by atoms with E-state index in [0.717, 1.165) is 12.3 Å². The maximum absolute atomic E-state index is 12.4. The van der Waals surface area contributed by atoms with Gasteiger partial charge in [-0.15, -0.1) is 0 Å². The summed E-state index contributed by atoms with van der Waals surface area (Å²) >= 11 is 0. The van der Waals surface area contributed by atoms with Crippen LogP contribution in [0.3, 0.4) is 0 Å². The molecular formula is C11H8F3N2O3+. The second kappa shape index (κ2) is 4.08. The zero-order valence-corrected chi connectivity index (χ0v) is 9.60. The largest absolute Gasteiger partial charge is 0.454 e. The van der Waals surface area contributed by atoms with Gasteiger partial charge in [0.15, 0.2) is 0 Å². The van der Waals surface area contributed by atoms with Crippen LogP contribution in [-0.2, 0) is 7.05 Å². The van der Waals surface area contributed by atoms with Crippen molar-refractivity contribution in [2.24, 2.45) is 7.05 Å². The van der Waals surface area contributed by atoms with E-state index in [9.17, 15) is 22.9 Å². The second-order valence-electron chi connectivity index (χ2n) is 3.95. The number of ketones is 1. The molecule has 1 aromatic heterocycles. The number of halogens is 3. The van der Waals surface area contributed by atoms with Crippen LogP contribution in [0.25, 0.3) is 10.9 Å². The summed E-state index contributed by atoms with van der Waals surface area (Å²) in [5.74, 6) is -1.95. The third kappa shape index (κ3) is 2.16. The van der Waals surface area contributed by atoms with Crippen molar-refractivity contribution in [3.05, 3.63) is 34.9 Å². The average Bonchev–Trinajstić information content (AvgIpc) is 2.64. The van der Waals surface area contributed by atoms with E-state index in [1.807, 2.05) is 0 Å². The molecule has 0 saturated heterocycles. The molecular weight excluding hydrogens is 265 g/mol. The summed E-state index contributed by atoms with van der Waals surface area (Å²) < 4.78 is 38.5. The van der Waals surface area contributed by atoms with Crippen molar-refractivity contribution >= 4 is 22.4 Å². The number of hydrogen-bond donors (Lipinski definition) is 1. The second-order valence-corrected chi connectivity index (χ2v) is 3.95. The number of aryl methyl sites for hydroxylation is 1. The minimum absolute atomic E-state index is 0.0652. The van der Waals surface area contributed by atoms with Crippen LogP contribution in [-0.4, -0.2) is 26.7 Å². The first-order chi connectivity index (χ1) is 8.71. The normalized spacial score (nSPS) is 11.8. The van der Waals surface area contributed by atoms with E-state index in [1.54, 1.807) is 0 Å². The van der Waals surface area contributed by atoms with Crippen LogP contribution in [0.5, 0.6) is 0 Å². The van der Waals surface area contributed by atoms with Gasteiger partial charge >= 0.3 is 11.9 Å². The lowest BCUT2D eigenvalue weighted by Gasteiger charge is -2.02. The van der Waals surface area contributed by atoms with Crippen molar-refractivity contribution in [2.45, 2.75) is 6.18 Å². The van der Waals surface area contributed by atoms with Gasteiger partial charge in [0.25, 0.3) is 10.7 Å². The van der Waals surface area contributed by atoms with E-state index < -0.39 is 22.4 Å². The Labute approximate surface area is 104 Å². The van der Waals surface area contributed by atoms with Crippen LogP contribution in [0.15, 0.2) is 24.4 Å². The Hall–Kier alpha value is -2.38. The van der Waals surface area contributed by atoms with E-state index in [-0.39, 0.29) is 16.6 Å². The van der Waals surface area contributed by atoms with Gasteiger partial charge in [0.05, 0.1) is 16.0 Å². The Balaban J connectivity index is 2.67. The van der Waals surface area contributed by atoms with Gasteiger partial charge < -0.3 is 4.57 Å². The molecule has 2 rings (SSSR count). The number of fused-ring (bicyclic) bond motifs is 1. The molecule has 1 N–H and O–H groups in total. The summed E-state index contributed by atoms with van der Waals surface area (Å²) in [7, 11) is 1.44. The monoisotopic (exact) mass is 273 g/mol. The van der Waals surface area contributed by atoms with Crippen LogP contribution in [0.2, 0.25) is 0 Å². The number of alkyl halides is 3. The Morgan fingerprint density at radius 1 is 1.37 bits per heavy atom. The van der Waals surface area contributed by atoms with E-state index in [0.29, 0.717) is 0 Å². The van der Waals surface area contributed by atoms with Crippen molar-refractivity contribution in [2.75, 3.05) is 0 Å². The van der Waals surface area contributed by atoms with E-state index >= 15 is 0 Å². The summed E-state index contributed by atoms with van der Waals surface area (Å²) in [6.45, 7) is 0. The fourth-order valence-corrected chi connectivity index (χ4v) is 1.82. The zero-order valence-electron chi connectivity index (χ0n) is 9.60. The molecule has 0 amide bonds. The van der Waals surface area contributed by atoms with E-state index in [1.165, 1.54) is 23.7 Å². The van der Waals surface area contributed by atoms with Crippen molar-refractivity contribution in [1.82, 2.24) is 4.57 Å². The van der Waals surface area contributed by atoms with Gasteiger partial charge in [0.2, 0.25) is 0 Å². The maximum atomic E-state index is 12.4. The highest BCUT2D eigenvalue weighted by Gasteiger charge is 2.40. The smallest absolute Gasteiger partial charge is 0.350 e. The Bertz CT molecular complexity index is 688. The molecule has 100 valence electrons. The van der Waals surface area contributed by atoms with Crippen molar-refractivity contribution in [3.63, 3.8) is 0 Å². The number of benzene rings is 1. The lowest BCUT2D eigenvalue weighted by atomic mass is 10.1. The number of aromatic nitrogens is 1. The first kappa shape index (κ1) is 13.1. The van der Waals surface area contributed by atoms with Gasteiger partial charge in [-0.1, -0.05) is 0 Å². The molecule has 0 unspecified atom stereocenters. The summed E-state index contributed by atoms with van der Waals surface area (Å²) in [6.07, 6.45) is -3.93. The van der Waals surface area contributed by atoms with E-state index in [4.69, 9.17) is 5.21 Å². The average molecular weight is 273 g/mol. The summed E-state index contributed by atoms with van der Waals surface area (Å²) in [5.41, 5.74) is -0.397. The molecule has 2 aromatic rings. The molecule has 19 heavy (non-hydrogen) atoms. The molecule has 0 saturated carbocycles. The van der Waals surface area contributed by atoms with Gasteiger partial charge in [-0.25, -0.2) is 5.21 Å². The lowest BCUT2D eigenvalue weighted by molar-refractivity contribution is -0.729. The molecule has 1 heterocycles. The van der Waals surface area contributed by atoms with Crippen LogP contribution >= 0.6 is 0 Å². The summed E-state index contributed by atoms with van der Waals surface area (Å²) in [4.78, 5) is 21.6. The van der Waals surface area contributed by atoms with Crippen LogP contribution < -0.4 is 0 Å². The summed E-state index contributed by atoms with van der Waals surface area (Å²) in [6, 6.07) is 3.50. The van der Waals surface area contributed by atoms with Gasteiger partial charge in [-0.2, -0.15) is 13.2 Å². The van der Waals surface area contributed by atoms with Gasteiger partial charge in [0, 0.05) is 30.8 Å². The summed E-state index contributed by atoms with van der Waals surface area (Å²) in [5, 5.41) is 8.81. The molecule has 0 aliphatic rings. The number of carbonyl (C=O) groups excluding carboxylic acids is 1. The quantitative estimate of drug-likeness (QED) is 0.676. The Kier molecular flexibility index (Phi) is 2.80.